The summed E-state index contributed by atoms with van der Waals surface area (Å²) >= 11 is 0. The van der Waals surface area contributed by atoms with Gasteiger partial charge >= 0.3 is 0 Å². The van der Waals surface area contributed by atoms with Crippen LogP contribution in [0.1, 0.15) is 25.1 Å². The third-order valence-electron chi connectivity index (χ3n) is 3.73. The fourth-order valence-electron chi connectivity index (χ4n) is 2.57. The van der Waals surface area contributed by atoms with Gasteiger partial charge in [0.1, 0.15) is 17.5 Å². The van der Waals surface area contributed by atoms with Crippen LogP contribution in [0.5, 0.6) is 0 Å². The van der Waals surface area contributed by atoms with E-state index in [1.807, 2.05) is 6.07 Å². The summed E-state index contributed by atoms with van der Waals surface area (Å²) in [6, 6.07) is 6.93. The molecule has 0 radical (unpaired) electrons. The fraction of sp³-hybridized carbons (Fsp3) is 0.333. The molecule has 3 rings (SSSR count). The summed E-state index contributed by atoms with van der Waals surface area (Å²) in [5, 5.41) is 25.1. The predicted molar refractivity (Wildman–Crippen MR) is 83.9 cm³/mol. The summed E-state index contributed by atoms with van der Waals surface area (Å²) in [5.74, 6) is -0.0891. The number of anilines is 2. The molecule has 0 atom stereocenters. The summed E-state index contributed by atoms with van der Waals surface area (Å²) in [5.41, 5.74) is 1.39. The van der Waals surface area contributed by atoms with Crippen molar-refractivity contribution >= 4 is 16.9 Å². The summed E-state index contributed by atoms with van der Waals surface area (Å²) < 4.78 is 14.3. The van der Waals surface area contributed by atoms with E-state index in [0.29, 0.717) is 11.4 Å². The van der Waals surface area contributed by atoms with E-state index in [9.17, 15) is 4.39 Å². The highest BCUT2D eigenvalue weighted by molar-refractivity contribution is 5.74. The first-order chi connectivity index (χ1) is 11.3. The first-order valence-corrected chi connectivity index (χ1v) is 7.43. The molecule has 23 heavy (non-hydrogen) atoms. The van der Waals surface area contributed by atoms with Gasteiger partial charge in [-0.15, -0.1) is 10.2 Å². The minimum Gasteiger partial charge on any atom is -0.369 e. The monoisotopic (exact) mass is 313 g/mol. The van der Waals surface area contributed by atoms with Crippen molar-refractivity contribution < 1.29 is 4.39 Å². The van der Waals surface area contributed by atoms with Gasteiger partial charge in [-0.3, -0.25) is 0 Å². The van der Waals surface area contributed by atoms with E-state index in [1.54, 1.807) is 12.1 Å². The number of piperidine rings is 1. The molecule has 2 N–H and O–H groups in total. The molecule has 2 aromatic rings. The molecule has 7 nitrogen and oxygen atoms in total. The molecular formula is C15H16FN7. The lowest BCUT2D eigenvalue weighted by Gasteiger charge is -2.29. The Bertz CT molecular complexity index is 727. The SMILES string of the molecule is N#CC(=CNc1ccc(N2CCCCC2)c(F)c1)c1nn[nH]n1. The third-order valence-corrected chi connectivity index (χ3v) is 3.73. The average molecular weight is 313 g/mol. The van der Waals surface area contributed by atoms with E-state index in [0.717, 1.165) is 25.9 Å². The lowest BCUT2D eigenvalue weighted by Crippen LogP contribution is -2.30. The molecule has 0 spiro atoms. The van der Waals surface area contributed by atoms with Gasteiger partial charge in [0.2, 0.25) is 5.82 Å². The van der Waals surface area contributed by atoms with Crippen LogP contribution >= 0.6 is 0 Å². The number of allylic oxidation sites excluding steroid dienone is 1. The standard InChI is InChI=1S/C15H16FN7/c16-13-8-12(4-5-14(13)23-6-2-1-3-7-23)18-10-11(9-17)15-19-21-22-20-15/h4-5,8,10,18H,1-3,6-7H2,(H,19,20,21,22). The van der Waals surface area contributed by atoms with Gasteiger partial charge in [0.25, 0.3) is 0 Å². The van der Waals surface area contributed by atoms with E-state index < -0.39 is 0 Å². The zero-order chi connectivity index (χ0) is 16.1. The highest BCUT2D eigenvalue weighted by Crippen LogP contribution is 2.26. The number of hydrogen-bond acceptors (Lipinski definition) is 6. The molecule has 1 aliphatic heterocycles. The number of H-pyrrole nitrogens is 1. The number of hydrogen-bond donors (Lipinski definition) is 2. The lowest BCUT2D eigenvalue weighted by atomic mass is 10.1. The number of nitriles is 1. The molecule has 1 aliphatic rings. The Labute approximate surface area is 132 Å². The highest BCUT2D eigenvalue weighted by Gasteiger charge is 2.15. The Morgan fingerprint density at radius 1 is 1.35 bits per heavy atom. The van der Waals surface area contributed by atoms with Crippen molar-refractivity contribution in [1.29, 1.82) is 5.26 Å². The molecule has 2 heterocycles. The van der Waals surface area contributed by atoms with Crippen molar-refractivity contribution in [3.8, 4) is 6.07 Å². The largest absolute Gasteiger partial charge is 0.369 e. The van der Waals surface area contributed by atoms with E-state index in [4.69, 9.17) is 5.26 Å². The number of nitrogens with zero attached hydrogens (tertiary/aromatic N) is 5. The summed E-state index contributed by atoms with van der Waals surface area (Å²) in [7, 11) is 0. The van der Waals surface area contributed by atoms with Crippen LogP contribution in [0, 0.1) is 17.1 Å². The second-order valence-corrected chi connectivity index (χ2v) is 5.26. The summed E-state index contributed by atoms with van der Waals surface area (Å²) in [4.78, 5) is 2.07. The zero-order valence-corrected chi connectivity index (χ0v) is 12.5. The van der Waals surface area contributed by atoms with Crippen molar-refractivity contribution in [3.05, 3.63) is 36.0 Å². The number of aromatic amines is 1. The average Bonchev–Trinajstić information content (AvgIpc) is 3.11. The first-order valence-electron chi connectivity index (χ1n) is 7.43. The van der Waals surface area contributed by atoms with Crippen LogP contribution < -0.4 is 10.2 Å². The second kappa shape index (κ2) is 6.87. The lowest BCUT2D eigenvalue weighted by molar-refractivity contribution is 0.557. The van der Waals surface area contributed by atoms with Gasteiger partial charge in [0.05, 0.1) is 5.69 Å². The molecule has 1 saturated heterocycles. The molecule has 118 valence electrons. The minimum atomic E-state index is -0.275. The van der Waals surface area contributed by atoms with Gasteiger partial charge in [-0.25, -0.2) is 4.39 Å². The van der Waals surface area contributed by atoms with Crippen LogP contribution in [-0.2, 0) is 0 Å². The molecule has 8 heteroatoms. The Hall–Kier alpha value is -2.95. The van der Waals surface area contributed by atoms with Crippen LogP contribution in [0.4, 0.5) is 15.8 Å². The topological polar surface area (TPSA) is 93.5 Å². The smallest absolute Gasteiger partial charge is 0.216 e. The zero-order valence-electron chi connectivity index (χ0n) is 12.5. The van der Waals surface area contributed by atoms with E-state index >= 15 is 0 Å². The first kappa shape index (κ1) is 15.0. The van der Waals surface area contributed by atoms with Crippen LogP contribution in [0.25, 0.3) is 5.57 Å². The van der Waals surface area contributed by atoms with E-state index in [2.05, 4.69) is 30.8 Å². The van der Waals surface area contributed by atoms with Gasteiger partial charge in [0.15, 0.2) is 0 Å². The predicted octanol–water partition coefficient (Wildman–Crippen LogP) is 2.31. The Morgan fingerprint density at radius 3 is 2.83 bits per heavy atom. The number of halogens is 1. The Morgan fingerprint density at radius 2 is 2.17 bits per heavy atom. The maximum atomic E-state index is 14.3. The molecule has 1 aromatic carbocycles. The molecule has 0 saturated carbocycles. The molecule has 0 amide bonds. The van der Waals surface area contributed by atoms with Crippen LogP contribution in [0.15, 0.2) is 24.4 Å². The number of rotatable bonds is 4. The van der Waals surface area contributed by atoms with Crippen molar-refractivity contribution in [2.24, 2.45) is 0 Å². The molecule has 1 fully saturated rings. The van der Waals surface area contributed by atoms with Gasteiger partial charge in [-0.2, -0.15) is 10.5 Å². The van der Waals surface area contributed by atoms with Crippen LogP contribution in [0.3, 0.4) is 0 Å². The maximum absolute atomic E-state index is 14.3. The van der Waals surface area contributed by atoms with Crippen LogP contribution in [-0.4, -0.2) is 33.7 Å². The summed E-state index contributed by atoms with van der Waals surface area (Å²) in [6.45, 7) is 1.78. The molecule has 1 aromatic heterocycles. The minimum absolute atomic E-state index is 0.186. The Kier molecular flexibility index (Phi) is 4.47. The molecule has 0 bridgehead atoms. The van der Waals surface area contributed by atoms with Gasteiger partial charge in [0, 0.05) is 25.0 Å². The second-order valence-electron chi connectivity index (χ2n) is 5.26. The van der Waals surface area contributed by atoms with E-state index in [1.165, 1.54) is 18.7 Å². The summed E-state index contributed by atoms with van der Waals surface area (Å²) in [6.07, 6.45) is 4.83. The maximum Gasteiger partial charge on any atom is 0.216 e. The number of nitrogens with one attached hydrogen (secondary N) is 2. The van der Waals surface area contributed by atoms with Gasteiger partial charge < -0.3 is 10.2 Å². The molecule has 0 unspecified atom stereocenters. The quantitative estimate of drug-likeness (QED) is 0.841. The van der Waals surface area contributed by atoms with Crippen molar-refractivity contribution in [1.82, 2.24) is 20.6 Å². The number of tetrazole rings is 1. The Balaban J connectivity index is 1.74. The third kappa shape index (κ3) is 3.45. The number of benzene rings is 1. The van der Waals surface area contributed by atoms with Crippen molar-refractivity contribution in [2.45, 2.75) is 19.3 Å². The van der Waals surface area contributed by atoms with Gasteiger partial charge in [-0.1, -0.05) is 0 Å². The fourth-order valence-corrected chi connectivity index (χ4v) is 2.57. The van der Waals surface area contributed by atoms with Crippen molar-refractivity contribution in [3.63, 3.8) is 0 Å². The van der Waals surface area contributed by atoms with Gasteiger partial charge in [-0.05, 0) is 42.7 Å². The van der Waals surface area contributed by atoms with E-state index in [-0.39, 0.29) is 17.2 Å². The van der Waals surface area contributed by atoms with Crippen molar-refractivity contribution in [2.75, 3.05) is 23.3 Å². The normalized spacial score (nSPS) is 15.3. The van der Waals surface area contributed by atoms with Crippen LogP contribution in [0.2, 0.25) is 0 Å². The highest BCUT2D eigenvalue weighted by atomic mass is 19.1. The molecule has 0 aliphatic carbocycles. The molecular weight excluding hydrogens is 297 g/mol. The number of aromatic nitrogens is 4.